The SMILES string of the molecule is COC(=O)CCc1ccc(OCc2ccc(CN3CCC4(CC3)CNc3ccccc34)cc2)cc1F. The number of nitrogens with one attached hydrogen (secondary N) is 1. The van der Waals surface area contributed by atoms with Crippen LogP contribution < -0.4 is 10.1 Å². The van der Waals surface area contributed by atoms with Gasteiger partial charge in [0.05, 0.1) is 7.11 Å². The van der Waals surface area contributed by atoms with E-state index in [1.165, 1.54) is 42.8 Å². The summed E-state index contributed by atoms with van der Waals surface area (Å²) in [6, 6.07) is 22.0. The minimum atomic E-state index is -0.369. The molecule has 6 heteroatoms. The number of esters is 1. The number of ether oxygens (including phenoxy) is 2. The van der Waals surface area contributed by atoms with Gasteiger partial charge in [0.1, 0.15) is 18.2 Å². The molecule has 2 heterocycles. The molecule has 0 unspecified atom stereocenters. The molecule has 0 atom stereocenters. The second-order valence-corrected chi connectivity index (χ2v) is 9.89. The van der Waals surface area contributed by atoms with Crippen LogP contribution in [0.15, 0.2) is 66.7 Å². The summed E-state index contributed by atoms with van der Waals surface area (Å²) in [7, 11) is 1.33. The number of nitrogens with zero attached hydrogens (tertiary/aromatic N) is 1. The molecule has 1 saturated heterocycles. The zero-order valence-electron chi connectivity index (χ0n) is 20.8. The molecule has 2 aliphatic rings. The molecule has 0 aliphatic carbocycles. The monoisotopic (exact) mass is 488 g/mol. The molecule has 0 bridgehead atoms. The van der Waals surface area contributed by atoms with Crippen molar-refractivity contribution in [2.75, 3.05) is 32.1 Å². The Morgan fingerprint density at radius 2 is 1.78 bits per heavy atom. The van der Waals surface area contributed by atoms with Crippen LogP contribution in [0.3, 0.4) is 0 Å². The number of piperidine rings is 1. The lowest BCUT2D eigenvalue weighted by Gasteiger charge is -2.39. The molecular weight excluding hydrogens is 455 g/mol. The first kappa shape index (κ1) is 24.3. The van der Waals surface area contributed by atoms with E-state index in [1.807, 2.05) is 0 Å². The highest BCUT2D eigenvalue weighted by Crippen LogP contribution is 2.43. The van der Waals surface area contributed by atoms with Gasteiger partial charge in [0.2, 0.25) is 0 Å². The maximum atomic E-state index is 14.3. The summed E-state index contributed by atoms with van der Waals surface area (Å²) in [5.41, 5.74) is 5.90. The molecule has 5 nitrogen and oxygen atoms in total. The molecule has 1 spiro atoms. The molecular formula is C30H33FN2O3. The molecule has 0 amide bonds. The third-order valence-corrected chi connectivity index (χ3v) is 7.61. The van der Waals surface area contributed by atoms with Crippen LogP contribution in [0.5, 0.6) is 5.75 Å². The minimum Gasteiger partial charge on any atom is -0.489 e. The molecule has 36 heavy (non-hydrogen) atoms. The highest BCUT2D eigenvalue weighted by molar-refractivity contribution is 5.69. The Morgan fingerprint density at radius 1 is 1.03 bits per heavy atom. The Hall–Kier alpha value is -3.38. The van der Waals surface area contributed by atoms with E-state index < -0.39 is 0 Å². The standard InChI is InChI=1S/C30H33FN2O3/c1-35-29(34)13-11-24-10-12-25(18-27(24)31)36-20-23-8-6-22(7-9-23)19-33-16-14-30(15-17-33)21-32-28-5-3-2-4-26(28)30/h2-10,12,18,32H,11,13-17,19-21H2,1H3. The summed E-state index contributed by atoms with van der Waals surface area (Å²) in [5.74, 6) is -0.241. The van der Waals surface area contributed by atoms with Crippen LogP contribution in [0.25, 0.3) is 0 Å². The van der Waals surface area contributed by atoms with Gasteiger partial charge in [0.25, 0.3) is 0 Å². The van der Waals surface area contributed by atoms with Crippen LogP contribution in [0.1, 0.15) is 41.5 Å². The number of anilines is 1. The number of rotatable bonds is 8. The molecule has 188 valence electrons. The predicted octanol–water partition coefficient (Wildman–Crippen LogP) is 5.47. The molecule has 5 rings (SSSR count). The van der Waals surface area contributed by atoms with Gasteiger partial charge in [-0.1, -0.05) is 48.5 Å². The Bertz CT molecular complexity index is 1200. The summed E-state index contributed by atoms with van der Waals surface area (Å²) in [6.07, 6.45) is 2.83. The molecule has 3 aromatic carbocycles. The van der Waals surface area contributed by atoms with Gasteiger partial charge in [-0.05, 0) is 66.7 Å². The predicted molar refractivity (Wildman–Crippen MR) is 139 cm³/mol. The van der Waals surface area contributed by atoms with E-state index in [9.17, 15) is 9.18 Å². The second-order valence-electron chi connectivity index (χ2n) is 9.89. The molecule has 0 saturated carbocycles. The lowest BCUT2D eigenvalue weighted by Crippen LogP contribution is -2.43. The van der Waals surface area contributed by atoms with Crippen LogP contribution in [0.2, 0.25) is 0 Å². The van der Waals surface area contributed by atoms with Gasteiger partial charge in [0.15, 0.2) is 0 Å². The van der Waals surface area contributed by atoms with E-state index in [2.05, 4.69) is 63.5 Å². The number of likely N-dealkylation sites (tertiary alicyclic amines) is 1. The van der Waals surface area contributed by atoms with Crippen molar-refractivity contribution in [2.24, 2.45) is 0 Å². The maximum absolute atomic E-state index is 14.3. The van der Waals surface area contributed by atoms with Crippen LogP contribution >= 0.6 is 0 Å². The highest BCUT2D eigenvalue weighted by atomic mass is 19.1. The van der Waals surface area contributed by atoms with E-state index in [1.54, 1.807) is 12.1 Å². The number of methoxy groups -OCH3 is 1. The van der Waals surface area contributed by atoms with Crippen molar-refractivity contribution in [2.45, 2.75) is 44.2 Å². The van der Waals surface area contributed by atoms with Crippen LogP contribution in [-0.4, -0.2) is 37.6 Å². The van der Waals surface area contributed by atoms with Crippen molar-refractivity contribution < 1.29 is 18.7 Å². The van der Waals surface area contributed by atoms with Gasteiger partial charge in [-0.2, -0.15) is 0 Å². The average molecular weight is 489 g/mol. The van der Waals surface area contributed by atoms with Gasteiger partial charge >= 0.3 is 5.97 Å². The molecule has 0 aromatic heterocycles. The topological polar surface area (TPSA) is 50.8 Å². The number of carbonyl (C=O) groups is 1. The van der Waals surface area contributed by atoms with E-state index in [4.69, 9.17) is 4.74 Å². The second kappa shape index (κ2) is 10.7. The number of aryl methyl sites for hydroxylation is 1. The quantitative estimate of drug-likeness (QED) is 0.426. The largest absolute Gasteiger partial charge is 0.489 e. The van der Waals surface area contributed by atoms with E-state index in [-0.39, 0.29) is 23.6 Å². The summed E-state index contributed by atoms with van der Waals surface area (Å²) in [4.78, 5) is 13.8. The van der Waals surface area contributed by atoms with Crippen LogP contribution in [-0.2, 0) is 34.5 Å². The van der Waals surface area contributed by atoms with Crippen molar-refractivity contribution in [3.63, 3.8) is 0 Å². The Labute approximate surface area is 212 Å². The fraction of sp³-hybridized carbons (Fsp3) is 0.367. The van der Waals surface area contributed by atoms with Crippen molar-refractivity contribution in [3.8, 4) is 5.75 Å². The third-order valence-electron chi connectivity index (χ3n) is 7.61. The van der Waals surface area contributed by atoms with E-state index in [0.717, 1.165) is 31.7 Å². The average Bonchev–Trinajstić information content (AvgIpc) is 3.27. The van der Waals surface area contributed by atoms with E-state index in [0.29, 0.717) is 24.3 Å². The molecule has 1 N–H and O–H groups in total. The number of benzene rings is 3. The van der Waals surface area contributed by atoms with Crippen molar-refractivity contribution in [1.82, 2.24) is 4.90 Å². The maximum Gasteiger partial charge on any atom is 0.305 e. The van der Waals surface area contributed by atoms with Crippen LogP contribution in [0.4, 0.5) is 10.1 Å². The minimum absolute atomic E-state index is 0.156. The lowest BCUT2D eigenvalue weighted by atomic mass is 9.74. The first-order valence-corrected chi connectivity index (χ1v) is 12.7. The van der Waals surface area contributed by atoms with Crippen LogP contribution in [0, 0.1) is 5.82 Å². The summed E-state index contributed by atoms with van der Waals surface area (Å²) in [5, 5.41) is 3.60. The fourth-order valence-electron chi connectivity index (χ4n) is 5.37. The smallest absolute Gasteiger partial charge is 0.305 e. The molecule has 3 aromatic rings. The Morgan fingerprint density at radius 3 is 2.53 bits per heavy atom. The summed E-state index contributed by atoms with van der Waals surface area (Å²) in [6.45, 7) is 4.57. The highest BCUT2D eigenvalue weighted by Gasteiger charge is 2.41. The number of carbonyl (C=O) groups excluding carboxylic acids is 1. The Kier molecular flexibility index (Phi) is 7.23. The number of hydrogen-bond donors (Lipinski definition) is 1. The fourth-order valence-corrected chi connectivity index (χ4v) is 5.37. The number of halogens is 1. The molecule has 1 fully saturated rings. The first-order valence-electron chi connectivity index (χ1n) is 12.7. The summed E-state index contributed by atoms with van der Waals surface area (Å²) < 4.78 is 24.7. The lowest BCUT2D eigenvalue weighted by molar-refractivity contribution is -0.140. The van der Waals surface area contributed by atoms with Gasteiger partial charge in [-0.15, -0.1) is 0 Å². The Balaban J connectivity index is 1.10. The van der Waals surface area contributed by atoms with Gasteiger partial charge in [0, 0.05) is 36.7 Å². The number of fused-ring (bicyclic) bond motifs is 2. The number of para-hydroxylation sites is 1. The zero-order chi connectivity index (χ0) is 25.0. The van der Waals surface area contributed by atoms with E-state index >= 15 is 0 Å². The van der Waals surface area contributed by atoms with Gasteiger partial charge in [-0.25, -0.2) is 4.39 Å². The van der Waals surface area contributed by atoms with Gasteiger partial charge < -0.3 is 14.8 Å². The van der Waals surface area contributed by atoms with Crippen molar-refractivity contribution >= 4 is 11.7 Å². The van der Waals surface area contributed by atoms with Gasteiger partial charge in [-0.3, -0.25) is 9.69 Å². The normalized spacial score (nSPS) is 16.4. The number of hydrogen-bond acceptors (Lipinski definition) is 5. The molecule has 2 aliphatic heterocycles. The molecule has 0 radical (unpaired) electrons. The summed E-state index contributed by atoms with van der Waals surface area (Å²) >= 11 is 0. The van der Waals surface area contributed by atoms with Crippen molar-refractivity contribution in [1.29, 1.82) is 0 Å². The third kappa shape index (κ3) is 5.39. The van der Waals surface area contributed by atoms with Crippen molar-refractivity contribution in [3.05, 3.63) is 94.8 Å². The first-order chi connectivity index (χ1) is 17.5. The zero-order valence-corrected chi connectivity index (χ0v) is 20.8.